The number of aromatic nitrogens is 1. The van der Waals surface area contributed by atoms with Crippen LogP contribution >= 0.6 is 0 Å². The minimum Gasteiger partial charge on any atom is -0.351 e. The van der Waals surface area contributed by atoms with E-state index in [-0.39, 0.29) is 0 Å². The van der Waals surface area contributed by atoms with Crippen LogP contribution in [0.4, 0.5) is 0 Å². The summed E-state index contributed by atoms with van der Waals surface area (Å²) in [6.07, 6.45) is 8.14. The van der Waals surface area contributed by atoms with Gasteiger partial charge in [-0.3, -0.25) is 0 Å². The molecular weight excluding hydrogens is 146 g/mol. The van der Waals surface area contributed by atoms with Crippen molar-refractivity contribution in [1.82, 2.24) is 4.57 Å². The van der Waals surface area contributed by atoms with Gasteiger partial charge in [-0.05, 0) is 31.4 Å². The van der Waals surface area contributed by atoms with E-state index < -0.39 is 0 Å². The van der Waals surface area contributed by atoms with Crippen molar-refractivity contribution in [1.29, 1.82) is 0 Å². The van der Waals surface area contributed by atoms with Crippen LogP contribution in [-0.2, 0) is 6.42 Å². The predicted octanol–water partition coefficient (Wildman–Crippen LogP) is 3.41. The van der Waals surface area contributed by atoms with Crippen LogP contribution in [0.5, 0.6) is 0 Å². The average molecular weight is 165 g/mol. The third-order valence-corrected chi connectivity index (χ3v) is 2.40. The molecule has 1 heteroatoms. The molecule has 0 aliphatic carbocycles. The van der Waals surface area contributed by atoms with Crippen molar-refractivity contribution >= 4 is 0 Å². The zero-order valence-corrected chi connectivity index (χ0v) is 8.38. The fourth-order valence-corrected chi connectivity index (χ4v) is 1.51. The molecule has 0 fully saturated rings. The van der Waals surface area contributed by atoms with Gasteiger partial charge in [0.25, 0.3) is 0 Å². The maximum atomic E-state index is 2.32. The summed E-state index contributed by atoms with van der Waals surface area (Å²) in [5, 5.41) is 0. The molecule has 0 saturated carbocycles. The van der Waals surface area contributed by atoms with Crippen LogP contribution in [0.1, 0.15) is 45.2 Å². The van der Waals surface area contributed by atoms with E-state index in [2.05, 4.69) is 43.8 Å². The zero-order chi connectivity index (χ0) is 8.97. The Morgan fingerprint density at radius 1 is 1.42 bits per heavy atom. The van der Waals surface area contributed by atoms with E-state index in [0.717, 1.165) is 6.42 Å². The molecule has 0 aromatic carbocycles. The van der Waals surface area contributed by atoms with Gasteiger partial charge in [-0.2, -0.15) is 0 Å². The van der Waals surface area contributed by atoms with Crippen molar-refractivity contribution in [3.05, 3.63) is 24.0 Å². The second kappa shape index (κ2) is 4.34. The highest BCUT2D eigenvalue weighted by atomic mass is 15.0. The summed E-state index contributed by atoms with van der Waals surface area (Å²) in [7, 11) is 0. The Labute approximate surface area is 75.4 Å². The lowest BCUT2D eigenvalue weighted by molar-refractivity contribution is 0.502. The van der Waals surface area contributed by atoms with E-state index in [1.165, 1.54) is 18.4 Å². The van der Waals surface area contributed by atoms with E-state index in [1.54, 1.807) is 0 Å². The van der Waals surface area contributed by atoms with Gasteiger partial charge in [0.2, 0.25) is 0 Å². The Hall–Kier alpha value is -0.720. The molecule has 0 aliphatic rings. The second-order valence-corrected chi connectivity index (χ2v) is 3.46. The Morgan fingerprint density at radius 3 is 2.67 bits per heavy atom. The Balaban J connectivity index is 2.61. The van der Waals surface area contributed by atoms with Crippen LogP contribution in [0.2, 0.25) is 0 Å². The minimum atomic E-state index is 0.662. The van der Waals surface area contributed by atoms with Gasteiger partial charge in [-0.25, -0.2) is 0 Å². The van der Waals surface area contributed by atoms with E-state index in [4.69, 9.17) is 0 Å². The second-order valence-electron chi connectivity index (χ2n) is 3.46. The summed E-state index contributed by atoms with van der Waals surface area (Å²) in [6.45, 7) is 6.72. The molecular formula is C11H19N. The zero-order valence-electron chi connectivity index (χ0n) is 8.38. The van der Waals surface area contributed by atoms with Gasteiger partial charge in [-0.1, -0.05) is 20.3 Å². The normalized spacial score (nSPS) is 13.2. The predicted molar refractivity (Wildman–Crippen MR) is 53.4 cm³/mol. The number of aryl methyl sites for hydroxylation is 1. The van der Waals surface area contributed by atoms with Crippen molar-refractivity contribution in [2.75, 3.05) is 0 Å². The molecule has 1 aromatic heterocycles. The van der Waals surface area contributed by atoms with E-state index in [1.807, 2.05) is 0 Å². The van der Waals surface area contributed by atoms with Gasteiger partial charge < -0.3 is 4.57 Å². The summed E-state index contributed by atoms with van der Waals surface area (Å²) in [4.78, 5) is 0. The van der Waals surface area contributed by atoms with Crippen LogP contribution in [0, 0.1) is 0 Å². The van der Waals surface area contributed by atoms with Gasteiger partial charge in [0.05, 0.1) is 0 Å². The molecule has 0 radical (unpaired) electrons. The molecule has 0 aliphatic heterocycles. The number of hydrogen-bond donors (Lipinski definition) is 0. The van der Waals surface area contributed by atoms with Crippen LogP contribution in [-0.4, -0.2) is 4.57 Å². The Bertz CT molecular complexity index is 225. The molecule has 1 aromatic rings. The molecule has 0 N–H and O–H groups in total. The standard InChI is InChI=1S/C11H19N/c1-4-6-10(3)12-8-7-11(5-2)9-12/h7-10H,4-6H2,1-3H3. The summed E-state index contributed by atoms with van der Waals surface area (Å²) in [5.74, 6) is 0. The SMILES string of the molecule is CCCC(C)n1ccc(CC)c1. The summed E-state index contributed by atoms with van der Waals surface area (Å²) >= 11 is 0. The van der Waals surface area contributed by atoms with Crippen molar-refractivity contribution in [3.63, 3.8) is 0 Å². The maximum absolute atomic E-state index is 2.32. The highest BCUT2D eigenvalue weighted by Gasteiger charge is 2.02. The van der Waals surface area contributed by atoms with Gasteiger partial charge in [0.1, 0.15) is 0 Å². The molecule has 1 atom stereocenters. The van der Waals surface area contributed by atoms with Crippen molar-refractivity contribution in [2.24, 2.45) is 0 Å². The topological polar surface area (TPSA) is 4.93 Å². The van der Waals surface area contributed by atoms with Crippen molar-refractivity contribution in [2.45, 2.75) is 46.1 Å². The lowest BCUT2D eigenvalue weighted by Crippen LogP contribution is -2.01. The first-order valence-electron chi connectivity index (χ1n) is 4.94. The Morgan fingerprint density at radius 2 is 2.17 bits per heavy atom. The maximum Gasteiger partial charge on any atom is 0.0302 e. The summed E-state index contributed by atoms with van der Waals surface area (Å²) in [5.41, 5.74) is 1.44. The van der Waals surface area contributed by atoms with Gasteiger partial charge in [0, 0.05) is 18.4 Å². The molecule has 1 unspecified atom stereocenters. The number of nitrogens with zero attached hydrogens (tertiary/aromatic N) is 1. The third-order valence-electron chi connectivity index (χ3n) is 2.40. The highest BCUT2D eigenvalue weighted by Crippen LogP contribution is 2.14. The van der Waals surface area contributed by atoms with Gasteiger partial charge >= 0.3 is 0 Å². The van der Waals surface area contributed by atoms with Crippen LogP contribution in [0.15, 0.2) is 18.5 Å². The van der Waals surface area contributed by atoms with Gasteiger partial charge in [0.15, 0.2) is 0 Å². The lowest BCUT2D eigenvalue weighted by Gasteiger charge is -2.11. The number of hydrogen-bond acceptors (Lipinski definition) is 0. The number of rotatable bonds is 4. The molecule has 0 bridgehead atoms. The van der Waals surface area contributed by atoms with Gasteiger partial charge in [-0.15, -0.1) is 0 Å². The first-order valence-corrected chi connectivity index (χ1v) is 4.94. The third kappa shape index (κ3) is 2.13. The van der Waals surface area contributed by atoms with Crippen LogP contribution in [0.25, 0.3) is 0 Å². The van der Waals surface area contributed by atoms with Crippen LogP contribution < -0.4 is 0 Å². The smallest absolute Gasteiger partial charge is 0.0302 e. The highest BCUT2D eigenvalue weighted by molar-refractivity contribution is 5.10. The molecule has 1 nitrogen and oxygen atoms in total. The first kappa shape index (κ1) is 9.37. The van der Waals surface area contributed by atoms with E-state index >= 15 is 0 Å². The van der Waals surface area contributed by atoms with E-state index in [9.17, 15) is 0 Å². The average Bonchev–Trinajstić information content (AvgIpc) is 2.52. The largest absolute Gasteiger partial charge is 0.351 e. The molecule has 1 heterocycles. The van der Waals surface area contributed by atoms with E-state index in [0.29, 0.717) is 6.04 Å². The fourth-order valence-electron chi connectivity index (χ4n) is 1.51. The lowest BCUT2D eigenvalue weighted by atomic mass is 10.2. The molecule has 68 valence electrons. The first-order chi connectivity index (χ1) is 5.77. The van der Waals surface area contributed by atoms with Crippen molar-refractivity contribution in [3.8, 4) is 0 Å². The van der Waals surface area contributed by atoms with Crippen LogP contribution in [0.3, 0.4) is 0 Å². The molecule has 1 rings (SSSR count). The monoisotopic (exact) mass is 165 g/mol. The van der Waals surface area contributed by atoms with Crippen molar-refractivity contribution < 1.29 is 0 Å². The molecule has 0 saturated heterocycles. The molecule has 0 spiro atoms. The summed E-state index contributed by atoms with van der Waals surface area (Å²) < 4.78 is 2.32. The Kier molecular flexibility index (Phi) is 3.39. The molecule has 0 amide bonds. The fraction of sp³-hybridized carbons (Fsp3) is 0.636. The quantitative estimate of drug-likeness (QED) is 0.644. The minimum absolute atomic E-state index is 0.662. The summed E-state index contributed by atoms with van der Waals surface area (Å²) in [6, 6.07) is 2.88. The molecule has 12 heavy (non-hydrogen) atoms.